The van der Waals surface area contributed by atoms with Gasteiger partial charge in [-0.15, -0.1) is 0 Å². The summed E-state index contributed by atoms with van der Waals surface area (Å²) < 4.78 is 0. The summed E-state index contributed by atoms with van der Waals surface area (Å²) in [7, 11) is 0. The number of hydrogen-bond donors (Lipinski definition) is 2. The molecule has 0 spiro atoms. The van der Waals surface area contributed by atoms with Gasteiger partial charge in [-0.2, -0.15) is 5.10 Å². The third kappa shape index (κ3) is 3.01. The van der Waals surface area contributed by atoms with E-state index in [9.17, 15) is 9.90 Å². The number of phenols is 1. The van der Waals surface area contributed by atoms with Gasteiger partial charge in [0.1, 0.15) is 5.75 Å². The second-order valence-electron chi connectivity index (χ2n) is 5.70. The van der Waals surface area contributed by atoms with Gasteiger partial charge in [-0.3, -0.25) is 4.79 Å². The number of fused-ring (bicyclic) bond motifs is 1. The monoisotopic (exact) mass is 326 g/mol. The lowest BCUT2D eigenvalue weighted by Gasteiger charge is -2.04. The number of benzene rings is 1. The van der Waals surface area contributed by atoms with Crippen LogP contribution in [0.4, 0.5) is 0 Å². The Morgan fingerprint density at radius 3 is 2.62 bits per heavy atom. The minimum absolute atomic E-state index is 0.0317. The van der Waals surface area contributed by atoms with Crippen LogP contribution in [0.15, 0.2) is 17.2 Å². The topological polar surface area (TPSA) is 61.7 Å². The summed E-state index contributed by atoms with van der Waals surface area (Å²) in [6, 6.07) is 2.98. The minimum atomic E-state index is -0.0980. The van der Waals surface area contributed by atoms with Crippen molar-refractivity contribution in [1.29, 1.82) is 0 Å². The molecule has 2 N–H and O–H groups in total. The van der Waals surface area contributed by atoms with Crippen LogP contribution in [-0.2, 0) is 4.79 Å². The molecule has 4 nitrogen and oxygen atoms in total. The molecule has 0 heterocycles. The molecular formula is C15H16Cl2N2O2. The lowest BCUT2D eigenvalue weighted by Crippen LogP contribution is -2.20. The van der Waals surface area contributed by atoms with Gasteiger partial charge in [0.15, 0.2) is 0 Å². The number of amides is 1. The summed E-state index contributed by atoms with van der Waals surface area (Å²) in [4.78, 5) is 12.0. The summed E-state index contributed by atoms with van der Waals surface area (Å²) >= 11 is 11.7. The highest BCUT2D eigenvalue weighted by Gasteiger charge is 2.54. The van der Waals surface area contributed by atoms with Crippen LogP contribution in [0.2, 0.25) is 10.0 Å². The maximum atomic E-state index is 12.0. The Hall–Kier alpha value is -1.26. The van der Waals surface area contributed by atoms with Crippen molar-refractivity contribution < 1.29 is 9.90 Å². The van der Waals surface area contributed by atoms with Gasteiger partial charge in [-0.25, -0.2) is 5.43 Å². The van der Waals surface area contributed by atoms with E-state index in [0.29, 0.717) is 22.4 Å². The molecule has 0 bridgehead atoms. The summed E-state index contributed by atoms with van der Waals surface area (Å²) in [5.74, 6) is 1.07. The minimum Gasteiger partial charge on any atom is -0.506 e. The van der Waals surface area contributed by atoms with Gasteiger partial charge in [0, 0.05) is 16.5 Å². The molecule has 0 saturated heterocycles. The maximum Gasteiger partial charge on any atom is 0.243 e. The molecule has 2 aliphatic carbocycles. The number of hydrogen-bond acceptors (Lipinski definition) is 3. The van der Waals surface area contributed by atoms with E-state index in [1.807, 2.05) is 0 Å². The van der Waals surface area contributed by atoms with Crippen molar-refractivity contribution >= 4 is 35.3 Å². The molecule has 1 amide bonds. The summed E-state index contributed by atoms with van der Waals surface area (Å²) in [6.45, 7) is 0. The molecule has 1 aromatic carbocycles. The zero-order valence-electron chi connectivity index (χ0n) is 11.4. The van der Waals surface area contributed by atoms with Gasteiger partial charge < -0.3 is 5.11 Å². The first-order valence-electron chi connectivity index (χ1n) is 7.09. The highest BCUT2D eigenvalue weighted by atomic mass is 35.5. The summed E-state index contributed by atoms with van der Waals surface area (Å²) in [5, 5.41) is 14.2. The van der Waals surface area contributed by atoms with Gasteiger partial charge in [0.05, 0.1) is 11.2 Å². The number of carbonyl (C=O) groups excluding carboxylic acids is 1. The van der Waals surface area contributed by atoms with Crippen molar-refractivity contribution in [3.8, 4) is 5.75 Å². The molecule has 0 radical (unpaired) electrons. The van der Waals surface area contributed by atoms with Crippen LogP contribution in [0.1, 0.15) is 31.2 Å². The van der Waals surface area contributed by atoms with Crippen molar-refractivity contribution in [1.82, 2.24) is 5.43 Å². The number of halogens is 2. The van der Waals surface area contributed by atoms with Crippen LogP contribution in [0, 0.1) is 17.8 Å². The molecule has 0 aliphatic heterocycles. The van der Waals surface area contributed by atoms with Gasteiger partial charge in [-0.05, 0) is 36.8 Å². The normalized spacial score (nSPS) is 27.4. The van der Waals surface area contributed by atoms with E-state index >= 15 is 0 Å². The first kappa shape index (κ1) is 14.7. The molecule has 2 saturated carbocycles. The van der Waals surface area contributed by atoms with Gasteiger partial charge >= 0.3 is 0 Å². The number of hydrazone groups is 1. The number of rotatable bonds is 3. The lowest BCUT2D eigenvalue weighted by atomic mass is 10.0. The quantitative estimate of drug-likeness (QED) is 0.658. The predicted octanol–water partition coefficient (Wildman–Crippen LogP) is 3.59. The number of phenolic OH excluding ortho intramolecular Hbond substituents is 1. The predicted molar refractivity (Wildman–Crippen MR) is 82.8 cm³/mol. The molecule has 1 unspecified atom stereocenters. The smallest absolute Gasteiger partial charge is 0.243 e. The van der Waals surface area contributed by atoms with E-state index in [2.05, 4.69) is 10.5 Å². The van der Waals surface area contributed by atoms with Crippen LogP contribution >= 0.6 is 23.2 Å². The molecule has 2 aliphatic rings. The van der Waals surface area contributed by atoms with Crippen LogP contribution in [0.5, 0.6) is 5.75 Å². The molecule has 1 aromatic rings. The summed E-state index contributed by atoms with van der Waals surface area (Å²) in [5.41, 5.74) is 2.92. The first-order chi connectivity index (χ1) is 10.1. The van der Waals surface area contributed by atoms with E-state index in [4.69, 9.17) is 23.2 Å². The lowest BCUT2D eigenvalue weighted by molar-refractivity contribution is -0.122. The fourth-order valence-electron chi connectivity index (χ4n) is 3.31. The van der Waals surface area contributed by atoms with E-state index in [1.165, 1.54) is 31.2 Å². The van der Waals surface area contributed by atoms with Crippen molar-refractivity contribution in [2.45, 2.75) is 25.7 Å². The Bertz CT molecular complexity index is 592. The van der Waals surface area contributed by atoms with Gasteiger partial charge in [0.2, 0.25) is 5.91 Å². The zero-order valence-corrected chi connectivity index (χ0v) is 12.9. The number of nitrogens with one attached hydrogen (secondary N) is 1. The van der Waals surface area contributed by atoms with Crippen LogP contribution < -0.4 is 5.43 Å². The Labute approximate surface area is 133 Å². The fourth-order valence-corrected chi connectivity index (χ4v) is 3.81. The Balaban J connectivity index is 1.61. The summed E-state index contributed by atoms with van der Waals surface area (Å²) in [6.07, 6.45) is 6.11. The molecule has 112 valence electrons. The molecule has 0 aromatic heterocycles. The van der Waals surface area contributed by atoms with Crippen molar-refractivity contribution in [3.63, 3.8) is 0 Å². The molecule has 3 rings (SSSR count). The van der Waals surface area contributed by atoms with Gasteiger partial charge in [0.25, 0.3) is 0 Å². The molecule has 6 heteroatoms. The van der Waals surface area contributed by atoms with Gasteiger partial charge in [-0.1, -0.05) is 36.0 Å². The van der Waals surface area contributed by atoms with E-state index in [1.54, 1.807) is 0 Å². The molecular weight excluding hydrogens is 311 g/mol. The highest BCUT2D eigenvalue weighted by molar-refractivity contribution is 6.36. The first-order valence-corrected chi connectivity index (χ1v) is 7.84. The van der Waals surface area contributed by atoms with Crippen LogP contribution in [0.25, 0.3) is 0 Å². The molecule has 2 fully saturated rings. The maximum absolute atomic E-state index is 12.0. The average Bonchev–Trinajstić information content (AvgIpc) is 3.18. The second-order valence-corrected chi connectivity index (χ2v) is 6.54. The second kappa shape index (κ2) is 5.85. The largest absolute Gasteiger partial charge is 0.506 e. The Kier molecular flexibility index (Phi) is 4.09. The third-order valence-corrected chi connectivity index (χ3v) is 4.90. The van der Waals surface area contributed by atoms with Crippen molar-refractivity contribution in [3.05, 3.63) is 27.7 Å². The third-order valence-electron chi connectivity index (χ3n) is 4.40. The van der Waals surface area contributed by atoms with Crippen molar-refractivity contribution in [2.75, 3.05) is 0 Å². The standard InChI is InChI=1S/C15H16Cl2N2O2/c16-9-5-8(14(20)12(17)6-9)7-18-19-15(21)13-10-3-1-2-4-11(10)13/h5-7,10-11,13,20H,1-4H2,(H,19,21)/b18-7+/t10-,11+,13?. The zero-order chi connectivity index (χ0) is 15.0. The highest BCUT2D eigenvalue weighted by Crippen LogP contribution is 2.55. The SMILES string of the molecule is O=C(N/N=C/c1cc(Cl)cc(Cl)c1O)C1[C@H]2CCCC[C@@H]12. The molecule has 3 atom stereocenters. The van der Waals surface area contributed by atoms with E-state index in [0.717, 1.165) is 12.8 Å². The van der Waals surface area contributed by atoms with Crippen molar-refractivity contribution in [2.24, 2.45) is 22.9 Å². The average molecular weight is 327 g/mol. The van der Waals surface area contributed by atoms with E-state index < -0.39 is 0 Å². The Morgan fingerprint density at radius 2 is 1.95 bits per heavy atom. The van der Waals surface area contributed by atoms with Crippen LogP contribution in [0.3, 0.4) is 0 Å². The molecule has 21 heavy (non-hydrogen) atoms. The van der Waals surface area contributed by atoms with E-state index in [-0.39, 0.29) is 22.6 Å². The number of aromatic hydroxyl groups is 1. The Morgan fingerprint density at radius 1 is 1.29 bits per heavy atom. The number of nitrogens with zero attached hydrogens (tertiary/aromatic N) is 1. The fraction of sp³-hybridized carbons (Fsp3) is 0.467. The number of carbonyl (C=O) groups is 1. The van der Waals surface area contributed by atoms with Crippen LogP contribution in [-0.4, -0.2) is 17.2 Å².